The molecule has 0 N–H and O–H groups in total. The third-order valence-corrected chi connectivity index (χ3v) is 3.62. The van der Waals surface area contributed by atoms with Gasteiger partial charge in [-0.3, -0.25) is 15.0 Å². The Bertz CT molecular complexity index is 458. The average Bonchev–Trinajstić information content (AvgIpc) is 2.52. The molecule has 0 spiro atoms. The summed E-state index contributed by atoms with van der Waals surface area (Å²) in [6.45, 7) is 6.10. The van der Waals surface area contributed by atoms with Crippen LogP contribution in [0.3, 0.4) is 0 Å². The first-order valence-corrected chi connectivity index (χ1v) is 5.56. The summed E-state index contributed by atoms with van der Waals surface area (Å²) in [7, 11) is 1.90. The molecule has 2 rings (SSSR count). The lowest BCUT2D eigenvalue weighted by molar-refractivity contribution is -0.558. The molecule has 2 unspecified atom stereocenters. The second-order valence-electron chi connectivity index (χ2n) is 4.74. The van der Waals surface area contributed by atoms with Crippen LogP contribution in [0.1, 0.15) is 18.5 Å². The number of likely N-dealkylation sites (N-methyl/N-ethyl adjacent to an activating group) is 1. The van der Waals surface area contributed by atoms with Gasteiger partial charge in [-0.15, -0.1) is 0 Å². The Morgan fingerprint density at radius 2 is 2.06 bits per heavy atom. The van der Waals surface area contributed by atoms with E-state index in [0.717, 1.165) is 5.56 Å². The fraction of sp³-hybridized carbons (Fsp3) is 0.385. The standard InChI is InChI=1S/C13H16N2O2/c1-10-9-14(3)12(13(10,2)15(16)17)11-7-5-4-6-8-11/h4-8,12H,1,9H2,2-3H3. The zero-order valence-corrected chi connectivity index (χ0v) is 10.1. The van der Waals surface area contributed by atoms with Gasteiger partial charge in [0.05, 0.1) is 0 Å². The maximum Gasteiger partial charge on any atom is 0.260 e. The summed E-state index contributed by atoms with van der Waals surface area (Å²) in [6.07, 6.45) is 0. The van der Waals surface area contributed by atoms with Crippen molar-refractivity contribution in [3.05, 3.63) is 58.2 Å². The first-order chi connectivity index (χ1) is 7.98. The van der Waals surface area contributed by atoms with Crippen LogP contribution in [0.2, 0.25) is 0 Å². The molecule has 0 amide bonds. The summed E-state index contributed by atoms with van der Waals surface area (Å²) in [6, 6.07) is 9.35. The molecule has 0 aromatic heterocycles. The SMILES string of the molecule is C=C1CN(C)C(c2ccccc2)C1(C)[N+](=O)[O-]. The molecule has 90 valence electrons. The summed E-state index contributed by atoms with van der Waals surface area (Å²) in [5.41, 5.74) is 0.530. The zero-order chi connectivity index (χ0) is 12.6. The van der Waals surface area contributed by atoms with Crippen LogP contribution in [-0.2, 0) is 0 Å². The third-order valence-electron chi connectivity index (χ3n) is 3.62. The lowest BCUT2D eigenvalue weighted by atomic mass is 9.85. The van der Waals surface area contributed by atoms with Gasteiger partial charge in [-0.25, -0.2) is 0 Å². The van der Waals surface area contributed by atoms with Crippen LogP contribution in [0.25, 0.3) is 0 Å². The van der Waals surface area contributed by atoms with Gasteiger partial charge in [-0.05, 0) is 12.6 Å². The number of hydrogen-bond donors (Lipinski definition) is 0. The topological polar surface area (TPSA) is 46.4 Å². The molecule has 1 aromatic rings. The first-order valence-electron chi connectivity index (χ1n) is 5.56. The van der Waals surface area contributed by atoms with Gasteiger partial charge >= 0.3 is 0 Å². The predicted octanol–water partition coefficient (Wildman–Crippen LogP) is 2.26. The second-order valence-corrected chi connectivity index (χ2v) is 4.74. The summed E-state index contributed by atoms with van der Waals surface area (Å²) in [4.78, 5) is 13.2. The highest BCUT2D eigenvalue weighted by Crippen LogP contribution is 2.43. The molecular formula is C13H16N2O2. The Morgan fingerprint density at radius 3 is 2.59 bits per heavy atom. The summed E-state index contributed by atoms with van der Waals surface area (Å²) in [5.74, 6) is 0. The van der Waals surface area contributed by atoms with E-state index in [2.05, 4.69) is 6.58 Å². The molecule has 4 heteroatoms. The molecule has 1 aliphatic rings. The Hall–Kier alpha value is -1.68. The van der Waals surface area contributed by atoms with Crippen molar-refractivity contribution in [2.45, 2.75) is 18.5 Å². The summed E-state index contributed by atoms with van der Waals surface area (Å²) < 4.78 is 0. The fourth-order valence-electron chi connectivity index (χ4n) is 2.62. The van der Waals surface area contributed by atoms with Gasteiger partial charge in [-0.1, -0.05) is 36.9 Å². The van der Waals surface area contributed by atoms with E-state index >= 15 is 0 Å². The molecular weight excluding hydrogens is 216 g/mol. The molecule has 2 atom stereocenters. The molecule has 0 saturated carbocycles. The van der Waals surface area contributed by atoms with Gasteiger partial charge in [-0.2, -0.15) is 0 Å². The lowest BCUT2D eigenvalue weighted by Crippen LogP contribution is -2.41. The maximum atomic E-state index is 11.4. The van der Waals surface area contributed by atoms with E-state index in [9.17, 15) is 10.1 Å². The van der Waals surface area contributed by atoms with E-state index in [1.165, 1.54) is 0 Å². The Labute approximate surface area is 101 Å². The van der Waals surface area contributed by atoms with Crippen LogP contribution in [0, 0.1) is 10.1 Å². The number of hydrogen-bond acceptors (Lipinski definition) is 3. The molecule has 17 heavy (non-hydrogen) atoms. The Kier molecular flexibility index (Phi) is 2.75. The highest BCUT2D eigenvalue weighted by Gasteiger charge is 2.55. The molecule has 0 radical (unpaired) electrons. The van der Waals surface area contributed by atoms with E-state index in [0.29, 0.717) is 12.1 Å². The zero-order valence-electron chi connectivity index (χ0n) is 10.1. The normalized spacial score (nSPS) is 29.5. The molecule has 1 fully saturated rings. The summed E-state index contributed by atoms with van der Waals surface area (Å²) >= 11 is 0. The van der Waals surface area contributed by atoms with Crippen molar-refractivity contribution >= 4 is 0 Å². The highest BCUT2D eigenvalue weighted by molar-refractivity contribution is 5.32. The number of benzene rings is 1. The van der Waals surface area contributed by atoms with Crippen LogP contribution in [-0.4, -0.2) is 29.0 Å². The van der Waals surface area contributed by atoms with Gasteiger partial charge in [0.15, 0.2) is 0 Å². The van der Waals surface area contributed by atoms with Crippen molar-refractivity contribution in [2.24, 2.45) is 0 Å². The van der Waals surface area contributed by atoms with Crippen LogP contribution in [0.4, 0.5) is 0 Å². The highest BCUT2D eigenvalue weighted by atomic mass is 16.6. The summed E-state index contributed by atoms with van der Waals surface area (Å²) in [5, 5.41) is 11.4. The average molecular weight is 232 g/mol. The van der Waals surface area contributed by atoms with Crippen LogP contribution >= 0.6 is 0 Å². The molecule has 4 nitrogen and oxygen atoms in total. The van der Waals surface area contributed by atoms with E-state index in [1.54, 1.807) is 6.92 Å². The van der Waals surface area contributed by atoms with Crippen LogP contribution in [0.15, 0.2) is 42.5 Å². The monoisotopic (exact) mass is 232 g/mol. The van der Waals surface area contributed by atoms with Gasteiger partial charge < -0.3 is 0 Å². The lowest BCUT2D eigenvalue weighted by Gasteiger charge is -2.27. The van der Waals surface area contributed by atoms with Crippen molar-refractivity contribution in [1.82, 2.24) is 4.90 Å². The Morgan fingerprint density at radius 1 is 1.47 bits per heavy atom. The number of likely N-dealkylation sites (tertiary alicyclic amines) is 1. The number of nitro groups is 1. The van der Waals surface area contributed by atoms with Gasteiger partial charge in [0.1, 0.15) is 6.04 Å². The van der Waals surface area contributed by atoms with Crippen molar-refractivity contribution in [1.29, 1.82) is 0 Å². The minimum atomic E-state index is -1.10. The molecule has 1 saturated heterocycles. The quantitative estimate of drug-likeness (QED) is 0.446. The van der Waals surface area contributed by atoms with Crippen LogP contribution in [0.5, 0.6) is 0 Å². The molecule has 1 aliphatic heterocycles. The van der Waals surface area contributed by atoms with Crippen molar-refractivity contribution in [2.75, 3.05) is 13.6 Å². The minimum Gasteiger partial charge on any atom is -0.289 e. The number of rotatable bonds is 2. The van der Waals surface area contributed by atoms with Gasteiger partial charge in [0.2, 0.25) is 0 Å². The smallest absolute Gasteiger partial charge is 0.260 e. The van der Waals surface area contributed by atoms with Crippen molar-refractivity contribution in [3.8, 4) is 0 Å². The van der Waals surface area contributed by atoms with E-state index < -0.39 is 5.54 Å². The first kappa shape index (κ1) is 11.8. The van der Waals surface area contributed by atoms with E-state index in [1.807, 2.05) is 42.3 Å². The predicted molar refractivity (Wildman–Crippen MR) is 66.4 cm³/mol. The minimum absolute atomic E-state index is 0.212. The molecule has 1 heterocycles. The fourth-order valence-corrected chi connectivity index (χ4v) is 2.62. The largest absolute Gasteiger partial charge is 0.289 e. The second kappa shape index (κ2) is 3.96. The van der Waals surface area contributed by atoms with Crippen molar-refractivity contribution < 1.29 is 4.92 Å². The van der Waals surface area contributed by atoms with E-state index in [4.69, 9.17) is 0 Å². The van der Waals surface area contributed by atoms with Crippen molar-refractivity contribution in [3.63, 3.8) is 0 Å². The molecule has 1 aromatic carbocycles. The van der Waals surface area contributed by atoms with E-state index in [-0.39, 0.29) is 11.0 Å². The molecule has 0 bridgehead atoms. The number of nitrogens with zero attached hydrogens (tertiary/aromatic N) is 2. The van der Waals surface area contributed by atoms with Gasteiger partial charge in [0, 0.05) is 24.0 Å². The third kappa shape index (κ3) is 1.65. The Balaban J connectivity index is 2.51. The maximum absolute atomic E-state index is 11.4. The van der Waals surface area contributed by atoms with Gasteiger partial charge in [0.25, 0.3) is 5.54 Å². The van der Waals surface area contributed by atoms with Crippen LogP contribution < -0.4 is 0 Å². The molecule has 0 aliphatic carbocycles.